The number of amides is 1. The highest BCUT2D eigenvalue weighted by Gasteiger charge is 2.10. The summed E-state index contributed by atoms with van der Waals surface area (Å²) in [5.41, 5.74) is 2.45. The monoisotopic (exact) mass is 341 g/mol. The summed E-state index contributed by atoms with van der Waals surface area (Å²) in [5.74, 6) is 0.678. The van der Waals surface area contributed by atoms with Crippen molar-refractivity contribution in [2.45, 2.75) is 27.2 Å². The first-order valence-electron chi connectivity index (χ1n) is 7.97. The Morgan fingerprint density at radius 2 is 2.09 bits per heavy atom. The molecule has 7 nitrogen and oxygen atoms in total. The van der Waals surface area contributed by atoms with E-state index in [1.54, 1.807) is 5.51 Å². The van der Waals surface area contributed by atoms with Gasteiger partial charge in [-0.1, -0.05) is 0 Å². The number of thiazole rings is 1. The summed E-state index contributed by atoms with van der Waals surface area (Å²) in [5, 5.41) is 9.25. The van der Waals surface area contributed by atoms with Gasteiger partial charge >= 0.3 is 0 Å². The number of nitrogens with zero attached hydrogens (tertiary/aromatic N) is 2. The zero-order valence-corrected chi connectivity index (χ0v) is 15.0. The van der Waals surface area contributed by atoms with Crippen LogP contribution in [0.4, 0.5) is 0 Å². The van der Waals surface area contributed by atoms with E-state index in [4.69, 9.17) is 4.74 Å². The number of hydrogen-bond acceptors (Lipinski definition) is 5. The van der Waals surface area contributed by atoms with Crippen LogP contribution in [0.15, 0.2) is 10.5 Å². The molecule has 0 atom stereocenters. The standard InChI is InChI=1S/C15H27N5O2S/c1-4-16-15(18-7-6-10-22-5-2)19-9-8-17-14(21)13-12(3)20-11-23-13/h11H,4-10H2,1-3H3,(H,17,21)(H2,16,18,19). The number of carbonyl (C=O) groups is 1. The molecular weight excluding hydrogens is 314 g/mol. The molecule has 0 saturated heterocycles. The second-order valence-electron chi connectivity index (χ2n) is 4.76. The summed E-state index contributed by atoms with van der Waals surface area (Å²) < 4.78 is 5.28. The van der Waals surface area contributed by atoms with Crippen LogP contribution in [0, 0.1) is 6.92 Å². The van der Waals surface area contributed by atoms with Gasteiger partial charge in [0.15, 0.2) is 5.96 Å². The number of rotatable bonds is 10. The highest BCUT2D eigenvalue weighted by Crippen LogP contribution is 2.10. The van der Waals surface area contributed by atoms with Gasteiger partial charge in [0.25, 0.3) is 5.91 Å². The molecule has 1 amide bonds. The van der Waals surface area contributed by atoms with Crippen molar-refractivity contribution in [3.63, 3.8) is 0 Å². The largest absolute Gasteiger partial charge is 0.382 e. The van der Waals surface area contributed by atoms with E-state index in [1.165, 1.54) is 11.3 Å². The van der Waals surface area contributed by atoms with Crippen LogP contribution >= 0.6 is 11.3 Å². The molecule has 1 heterocycles. The van der Waals surface area contributed by atoms with Gasteiger partial charge in [0.05, 0.1) is 11.2 Å². The van der Waals surface area contributed by atoms with Crippen LogP contribution < -0.4 is 16.0 Å². The normalized spacial score (nSPS) is 11.3. The molecule has 0 aromatic carbocycles. The average Bonchev–Trinajstić information content (AvgIpc) is 2.97. The van der Waals surface area contributed by atoms with Crippen molar-refractivity contribution in [2.75, 3.05) is 39.4 Å². The lowest BCUT2D eigenvalue weighted by Gasteiger charge is -2.11. The molecular formula is C15H27N5O2S. The third-order valence-corrected chi connectivity index (χ3v) is 3.85. The Hall–Kier alpha value is -1.67. The first-order valence-corrected chi connectivity index (χ1v) is 8.85. The van der Waals surface area contributed by atoms with Crippen LogP contribution in [0.1, 0.15) is 35.6 Å². The Morgan fingerprint density at radius 3 is 2.74 bits per heavy atom. The first kappa shape index (κ1) is 19.4. The number of hydrogen-bond donors (Lipinski definition) is 3. The van der Waals surface area contributed by atoms with Crippen molar-refractivity contribution in [1.82, 2.24) is 20.9 Å². The topological polar surface area (TPSA) is 87.6 Å². The molecule has 23 heavy (non-hydrogen) atoms. The van der Waals surface area contributed by atoms with Gasteiger partial charge in [0.2, 0.25) is 0 Å². The van der Waals surface area contributed by atoms with Crippen LogP contribution in [-0.2, 0) is 4.74 Å². The maximum absolute atomic E-state index is 11.9. The lowest BCUT2D eigenvalue weighted by atomic mass is 10.4. The summed E-state index contributed by atoms with van der Waals surface area (Å²) in [4.78, 5) is 21.1. The fourth-order valence-corrected chi connectivity index (χ4v) is 2.52. The second kappa shape index (κ2) is 11.8. The Bertz CT molecular complexity index is 490. The van der Waals surface area contributed by atoms with Gasteiger partial charge in [0.1, 0.15) is 4.88 Å². The van der Waals surface area contributed by atoms with Gasteiger partial charge < -0.3 is 20.7 Å². The molecule has 0 unspecified atom stereocenters. The highest BCUT2D eigenvalue weighted by molar-refractivity contribution is 7.11. The number of carbonyl (C=O) groups excluding carboxylic acids is 1. The molecule has 0 aliphatic heterocycles. The Labute approximate surface area is 141 Å². The number of guanidine groups is 1. The molecule has 0 radical (unpaired) electrons. The summed E-state index contributed by atoms with van der Waals surface area (Å²) in [6, 6.07) is 0. The van der Waals surface area contributed by atoms with Gasteiger partial charge in [-0.15, -0.1) is 11.3 Å². The molecule has 0 aliphatic rings. The lowest BCUT2D eigenvalue weighted by molar-refractivity contribution is 0.0957. The first-order chi connectivity index (χ1) is 11.2. The van der Waals surface area contributed by atoms with Crippen molar-refractivity contribution in [3.8, 4) is 0 Å². The molecule has 0 spiro atoms. The number of aryl methyl sites for hydroxylation is 1. The minimum Gasteiger partial charge on any atom is -0.382 e. The maximum atomic E-state index is 11.9. The number of ether oxygens (including phenoxy) is 1. The molecule has 1 aromatic rings. The zero-order valence-electron chi connectivity index (χ0n) is 14.1. The Morgan fingerprint density at radius 1 is 1.30 bits per heavy atom. The second-order valence-corrected chi connectivity index (χ2v) is 5.62. The Kier molecular flexibility index (Phi) is 9.97. The summed E-state index contributed by atoms with van der Waals surface area (Å²) in [6.45, 7) is 9.95. The van der Waals surface area contributed by atoms with Gasteiger partial charge in [-0.2, -0.15) is 0 Å². The molecule has 3 N–H and O–H groups in total. The fourth-order valence-electron chi connectivity index (χ4n) is 1.80. The molecule has 0 bridgehead atoms. The third kappa shape index (κ3) is 7.94. The SMILES string of the molecule is CCNC(=NCCCOCC)NCCNC(=O)c1scnc1C. The predicted molar refractivity (Wildman–Crippen MR) is 94.3 cm³/mol. The molecule has 0 fully saturated rings. The number of aliphatic imine (C=N–C) groups is 1. The van der Waals surface area contributed by atoms with E-state index >= 15 is 0 Å². The van der Waals surface area contributed by atoms with Gasteiger partial charge in [0, 0.05) is 39.4 Å². The van der Waals surface area contributed by atoms with Gasteiger partial charge in [-0.05, 0) is 27.2 Å². The third-order valence-electron chi connectivity index (χ3n) is 2.92. The van der Waals surface area contributed by atoms with Crippen molar-refractivity contribution < 1.29 is 9.53 Å². The van der Waals surface area contributed by atoms with Crippen LogP contribution in [0.2, 0.25) is 0 Å². The van der Waals surface area contributed by atoms with E-state index < -0.39 is 0 Å². The van der Waals surface area contributed by atoms with E-state index in [1.807, 2.05) is 20.8 Å². The smallest absolute Gasteiger partial charge is 0.263 e. The molecule has 0 aliphatic carbocycles. The van der Waals surface area contributed by atoms with Crippen LogP contribution in [0.5, 0.6) is 0 Å². The van der Waals surface area contributed by atoms with Crippen molar-refractivity contribution in [2.24, 2.45) is 4.99 Å². The van der Waals surface area contributed by atoms with E-state index in [-0.39, 0.29) is 5.91 Å². The fraction of sp³-hybridized carbons (Fsp3) is 0.667. The van der Waals surface area contributed by atoms with Gasteiger partial charge in [-0.3, -0.25) is 9.79 Å². The van der Waals surface area contributed by atoms with Crippen molar-refractivity contribution in [3.05, 3.63) is 16.1 Å². The summed E-state index contributed by atoms with van der Waals surface area (Å²) >= 11 is 1.36. The number of nitrogens with one attached hydrogen (secondary N) is 3. The van der Waals surface area contributed by atoms with Crippen molar-refractivity contribution in [1.29, 1.82) is 0 Å². The zero-order chi connectivity index (χ0) is 16.9. The lowest BCUT2D eigenvalue weighted by Crippen LogP contribution is -2.41. The Balaban J connectivity index is 2.25. The molecule has 1 aromatic heterocycles. The van der Waals surface area contributed by atoms with Crippen molar-refractivity contribution >= 4 is 23.2 Å². The van der Waals surface area contributed by atoms with E-state index in [0.717, 1.165) is 37.8 Å². The van der Waals surface area contributed by atoms with Crippen LogP contribution in [0.3, 0.4) is 0 Å². The van der Waals surface area contributed by atoms with Crippen LogP contribution in [-0.4, -0.2) is 56.2 Å². The average molecular weight is 341 g/mol. The minimum absolute atomic E-state index is 0.0783. The van der Waals surface area contributed by atoms with E-state index in [0.29, 0.717) is 24.5 Å². The maximum Gasteiger partial charge on any atom is 0.263 e. The number of aromatic nitrogens is 1. The minimum atomic E-state index is -0.0783. The molecule has 130 valence electrons. The molecule has 8 heteroatoms. The molecule has 0 saturated carbocycles. The molecule has 1 rings (SSSR count). The van der Waals surface area contributed by atoms with Crippen LogP contribution in [0.25, 0.3) is 0 Å². The summed E-state index contributed by atoms with van der Waals surface area (Å²) in [6.07, 6.45) is 0.895. The van der Waals surface area contributed by atoms with E-state index in [2.05, 4.69) is 25.9 Å². The quantitative estimate of drug-likeness (QED) is 0.338. The highest BCUT2D eigenvalue weighted by atomic mass is 32.1. The summed E-state index contributed by atoms with van der Waals surface area (Å²) in [7, 11) is 0. The predicted octanol–water partition coefficient (Wildman–Crippen LogP) is 1.16. The van der Waals surface area contributed by atoms with Gasteiger partial charge in [-0.25, -0.2) is 4.98 Å². The van der Waals surface area contributed by atoms with E-state index in [9.17, 15) is 4.79 Å².